The van der Waals surface area contributed by atoms with Crippen LogP contribution in [0.25, 0.3) is 0 Å². The van der Waals surface area contributed by atoms with Crippen LogP contribution in [0.15, 0.2) is 12.2 Å². The van der Waals surface area contributed by atoms with Crippen molar-refractivity contribution < 1.29 is 29.7 Å². The highest BCUT2D eigenvalue weighted by Crippen LogP contribution is 2.03. The number of aliphatic carboxylic acids is 3. The Morgan fingerprint density at radius 2 is 1.56 bits per heavy atom. The summed E-state index contributed by atoms with van der Waals surface area (Å²) < 4.78 is 0. The third-order valence-electron chi connectivity index (χ3n) is 1.73. The summed E-state index contributed by atoms with van der Waals surface area (Å²) in [5.74, 6) is -3.23. The van der Waals surface area contributed by atoms with Crippen LogP contribution in [0, 0.1) is 0 Å². The van der Waals surface area contributed by atoms with E-state index in [1.54, 1.807) is 0 Å². The summed E-state index contributed by atoms with van der Waals surface area (Å²) in [7, 11) is 0. The number of hydrogen-bond donors (Lipinski definition) is 4. The summed E-state index contributed by atoms with van der Waals surface area (Å²) in [5.41, 5.74) is 0. The summed E-state index contributed by atoms with van der Waals surface area (Å²) in [4.78, 5) is 29.2. The van der Waals surface area contributed by atoms with Crippen molar-refractivity contribution in [2.24, 2.45) is 0 Å². The van der Waals surface area contributed by atoms with Gasteiger partial charge in [-0.15, -0.1) is 0 Å². The van der Waals surface area contributed by atoms with E-state index in [0.717, 1.165) is 19.4 Å². The zero-order valence-corrected chi connectivity index (χ0v) is 8.42. The van der Waals surface area contributed by atoms with Crippen molar-refractivity contribution >= 4 is 17.9 Å². The van der Waals surface area contributed by atoms with Gasteiger partial charge in [0, 0.05) is 12.2 Å². The molecule has 90 valence electrons. The van der Waals surface area contributed by atoms with E-state index in [0.29, 0.717) is 12.2 Å². The van der Waals surface area contributed by atoms with Gasteiger partial charge in [0.2, 0.25) is 0 Å². The van der Waals surface area contributed by atoms with Crippen LogP contribution in [-0.4, -0.2) is 45.8 Å². The molecular weight excluding hydrogens is 218 g/mol. The smallest absolute Gasteiger partial charge is 0.328 e. The van der Waals surface area contributed by atoms with Gasteiger partial charge in [-0.3, -0.25) is 4.79 Å². The number of carboxylic acids is 3. The molecule has 0 amide bonds. The first kappa shape index (κ1) is 14.1. The molecule has 7 nitrogen and oxygen atoms in total. The Bertz CT molecular complexity index is 276. The molecule has 16 heavy (non-hydrogen) atoms. The molecule has 1 aliphatic rings. The Balaban J connectivity index is 0.000000281. The highest BCUT2D eigenvalue weighted by molar-refractivity contribution is 5.89. The van der Waals surface area contributed by atoms with Crippen molar-refractivity contribution in [3.8, 4) is 0 Å². The Morgan fingerprint density at radius 1 is 1.06 bits per heavy atom. The van der Waals surface area contributed by atoms with Crippen molar-refractivity contribution in [2.75, 3.05) is 6.54 Å². The van der Waals surface area contributed by atoms with Gasteiger partial charge in [0.1, 0.15) is 6.04 Å². The minimum Gasteiger partial charge on any atom is -0.480 e. The minimum atomic E-state index is -1.26. The molecule has 1 atom stereocenters. The lowest BCUT2D eigenvalue weighted by Crippen LogP contribution is -2.29. The molecule has 0 aromatic carbocycles. The van der Waals surface area contributed by atoms with Crippen molar-refractivity contribution in [3.63, 3.8) is 0 Å². The first-order chi connectivity index (χ1) is 7.43. The maximum atomic E-state index is 10.1. The first-order valence-electron chi connectivity index (χ1n) is 4.53. The van der Waals surface area contributed by atoms with E-state index in [9.17, 15) is 14.4 Å². The lowest BCUT2D eigenvalue weighted by molar-refractivity contribution is -0.139. The topological polar surface area (TPSA) is 124 Å². The Hall–Kier alpha value is -1.89. The first-order valence-corrected chi connectivity index (χ1v) is 4.53. The van der Waals surface area contributed by atoms with Crippen LogP contribution in [0.1, 0.15) is 12.8 Å². The Morgan fingerprint density at radius 3 is 1.75 bits per heavy atom. The second-order valence-corrected chi connectivity index (χ2v) is 3.00. The molecule has 1 rings (SSSR count). The molecule has 0 aromatic heterocycles. The van der Waals surface area contributed by atoms with E-state index in [-0.39, 0.29) is 6.04 Å². The molecule has 7 heteroatoms. The molecule has 1 heterocycles. The van der Waals surface area contributed by atoms with Crippen LogP contribution < -0.4 is 5.32 Å². The average Bonchev–Trinajstić information content (AvgIpc) is 2.68. The van der Waals surface area contributed by atoms with Gasteiger partial charge in [-0.25, -0.2) is 9.59 Å². The maximum absolute atomic E-state index is 10.1. The summed E-state index contributed by atoms with van der Waals surface area (Å²) in [5, 5.41) is 26.8. The standard InChI is InChI=1S/C5H9NO2.C4H4O4/c7-5(8)4-2-1-3-6-4;5-3(6)1-2-4(7)8/h4,6H,1-3H2,(H,7,8);1-2H,(H,5,6)(H,7,8)/b;2-1-/t4-;/m0./s1. The fraction of sp³-hybridized carbons (Fsp3) is 0.444. The fourth-order valence-electron chi connectivity index (χ4n) is 1.04. The summed E-state index contributed by atoms with van der Waals surface area (Å²) in [6.07, 6.45) is 2.90. The molecule has 0 bridgehead atoms. The second kappa shape index (κ2) is 7.41. The van der Waals surface area contributed by atoms with Crippen LogP contribution in [0.2, 0.25) is 0 Å². The van der Waals surface area contributed by atoms with Gasteiger partial charge < -0.3 is 20.6 Å². The van der Waals surface area contributed by atoms with Gasteiger partial charge in [-0.2, -0.15) is 0 Å². The molecule has 0 saturated carbocycles. The van der Waals surface area contributed by atoms with Crippen LogP contribution in [-0.2, 0) is 14.4 Å². The minimum absolute atomic E-state index is 0.269. The number of rotatable bonds is 3. The number of hydrogen-bond acceptors (Lipinski definition) is 4. The predicted molar refractivity (Wildman–Crippen MR) is 53.1 cm³/mol. The summed E-state index contributed by atoms with van der Waals surface area (Å²) >= 11 is 0. The molecule has 0 spiro atoms. The van der Waals surface area contributed by atoms with Gasteiger partial charge in [0.15, 0.2) is 0 Å². The zero-order valence-electron chi connectivity index (χ0n) is 8.42. The van der Waals surface area contributed by atoms with Crippen molar-refractivity contribution in [1.29, 1.82) is 0 Å². The van der Waals surface area contributed by atoms with Crippen LogP contribution in [0.4, 0.5) is 0 Å². The van der Waals surface area contributed by atoms with Gasteiger partial charge >= 0.3 is 17.9 Å². The van der Waals surface area contributed by atoms with Crippen molar-refractivity contribution in [1.82, 2.24) is 5.32 Å². The van der Waals surface area contributed by atoms with E-state index < -0.39 is 17.9 Å². The number of nitrogens with one attached hydrogen (secondary N) is 1. The number of carboxylic acid groups (broad SMARTS) is 3. The van der Waals surface area contributed by atoms with E-state index in [1.165, 1.54) is 0 Å². The third kappa shape index (κ3) is 7.51. The van der Waals surface area contributed by atoms with E-state index in [1.807, 2.05) is 0 Å². The van der Waals surface area contributed by atoms with Crippen LogP contribution in [0.3, 0.4) is 0 Å². The monoisotopic (exact) mass is 231 g/mol. The summed E-state index contributed by atoms with van der Waals surface area (Å²) in [6, 6.07) is -0.269. The molecule has 0 unspecified atom stereocenters. The highest BCUT2D eigenvalue weighted by atomic mass is 16.4. The summed E-state index contributed by atoms with van der Waals surface area (Å²) in [6.45, 7) is 0.858. The fourth-order valence-corrected chi connectivity index (χ4v) is 1.04. The lowest BCUT2D eigenvalue weighted by atomic mass is 10.2. The largest absolute Gasteiger partial charge is 0.480 e. The predicted octanol–water partition coefficient (Wildman–Crippen LogP) is -0.465. The van der Waals surface area contributed by atoms with Crippen LogP contribution in [0.5, 0.6) is 0 Å². The molecule has 0 aliphatic carbocycles. The van der Waals surface area contributed by atoms with E-state index in [2.05, 4.69) is 5.32 Å². The van der Waals surface area contributed by atoms with Crippen LogP contribution >= 0.6 is 0 Å². The highest BCUT2D eigenvalue weighted by Gasteiger charge is 2.20. The number of carbonyl (C=O) groups is 3. The average molecular weight is 231 g/mol. The molecule has 1 aliphatic heterocycles. The Labute approximate surface area is 91.4 Å². The zero-order chi connectivity index (χ0) is 12.6. The van der Waals surface area contributed by atoms with E-state index >= 15 is 0 Å². The molecule has 0 radical (unpaired) electrons. The molecule has 1 saturated heterocycles. The van der Waals surface area contributed by atoms with E-state index in [4.69, 9.17) is 15.3 Å². The van der Waals surface area contributed by atoms with Gasteiger partial charge in [-0.1, -0.05) is 0 Å². The quantitative estimate of drug-likeness (QED) is 0.484. The van der Waals surface area contributed by atoms with Gasteiger partial charge in [0.05, 0.1) is 0 Å². The lowest BCUT2D eigenvalue weighted by Gasteiger charge is -1.99. The van der Waals surface area contributed by atoms with Gasteiger partial charge in [0.25, 0.3) is 0 Å². The van der Waals surface area contributed by atoms with Crippen molar-refractivity contribution in [2.45, 2.75) is 18.9 Å². The maximum Gasteiger partial charge on any atom is 0.328 e. The SMILES string of the molecule is O=C(O)/C=C\C(=O)O.O=C(O)[C@@H]1CCCN1. The normalized spacial score (nSPS) is 18.9. The third-order valence-corrected chi connectivity index (χ3v) is 1.73. The molecule has 4 N–H and O–H groups in total. The molecular formula is C9H13NO6. The van der Waals surface area contributed by atoms with Crippen molar-refractivity contribution in [3.05, 3.63) is 12.2 Å². The molecule has 0 aromatic rings. The molecule has 1 fully saturated rings. The second-order valence-electron chi connectivity index (χ2n) is 3.00. The van der Waals surface area contributed by atoms with Gasteiger partial charge in [-0.05, 0) is 19.4 Å². The Kier molecular flexibility index (Phi) is 6.53.